The average molecular weight is 440 g/mol. The molecule has 0 radical (unpaired) electrons. The van der Waals surface area contributed by atoms with Crippen LogP contribution in [0.15, 0.2) is 54.1 Å². The number of ether oxygens (including phenoxy) is 1. The van der Waals surface area contributed by atoms with Crippen molar-refractivity contribution >= 4 is 29.1 Å². The van der Waals surface area contributed by atoms with Gasteiger partial charge in [-0.15, -0.1) is 0 Å². The number of hydrogen-bond acceptors (Lipinski definition) is 4. The normalized spacial score (nSPS) is 21.5. The van der Waals surface area contributed by atoms with Gasteiger partial charge >= 0.3 is 0 Å². The van der Waals surface area contributed by atoms with Gasteiger partial charge < -0.3 is 14.7 Å². The van der Waals surface area contributed by atoms with Crippen LogP contribution in [0.5, 0.6) is 5.75 Å². The monoisotopic (exact) mass is 439 g/mol. The number of benzene rings is 2. The fourth-order valence-corrected chi connectivity index (χ4v) is 4.79. The van der Waals surface area contributed by atoms with Gasteiger partial charge in [-0.25, -0.2) is 0 Å². The molecule has 1 saturated heterocycles. The second kappa shape index (κ2) is 9.15. The van der Waals surface area contributed by atoms with Crippen LogP contribution in [0, 0.1) is 0 Å². The van der Waals surface area contributed by atoms with Gasteiger partial charge in [0.15, 0.2) is 0 Å². The largest absolute Gasteiger partial charge is 0.507 e. The molecule has 2 fully saturated rings. The van der Waals surface area contributed by atoms with E-state index in [4.69, 9.17) is 16.3 Å². The Bertz CT molecular complexity index is 1010. The van der Waals surface area contributed by atoms with Crippen LogP contribution in [0.3, 0.4) is 0 Å². The Hall–Kier alpha value is -2.79. The van der Waals surface area contributed by atoms with Crippen molar-refractivity contribution in [3.05, 3.63) is 70.3 Å². The highest BCUT2D eigenvalue weighted by molar-refractivity contribution is 6.46. The molecule has 1 heterocycles. The number of rotatable bonds is 5. The quantitative estimate of drug-likeness (QED) is 0.380. The van der Waals surface area contributed by atoms with Crippen LogP contribution in [-0.4, -0.2) is 34.3 Å². The fourth-order valence-electron chi connectivity index (χ4n) is 4.62. The maximum absolute atomic E-state index is 13.2. The molecule has 1 aliphatic carbocycles. The van der Waals surface area contributed by atoms with Crippen molar-refractivity contribution in [2.24, 2.45) is 0 Å². The minimum atomic E-state index is -0.648. The molecule has 2 aromatic rings. The summed E-state index contributed by atoms with van der Waals surface area (Å²) in [7, 11) is 0. The molecular formula is C25H26ClNO4. The van der Waals surface area contributed by atoms with Gasteiger partial charge in [-0.3, -0.25) is 9.59 Å². The lowest BCUT2D eigenvalue weighted by molar-refractivity contribution is -0.141. The van der Waals surface area contributed by atoms with Crippen molar-refractivity contribution < 1.29 is 19.4 Å². The van der Waals surface area contributed by atoms with E-state index in [0.29, 0.717) is 22.9 Å². The van der Waals surface area contributed by atoms with Crippen LogP contribution >= 0.6 is 11.6 Å². The molecule has 31 heavy (non-hydrogen) atoms. The number of hydrogen-bond donors (Lipinski definition) is 1. The Kier molecular flexibility index (Phi) is 6.33. The molecule has 6 heteroatoms. The highest BCUT2D eigenvalue weighted by atomic mass is 35.5. The number of likely N-dealkylation sites (tertiary alicyclic amines) is 1. The zero-order chi connectivity index (χ0) is 22.0. The number of carbonyl (C=O) groups excluding carboxylic acids is 2. The highest BCUT2D eigenvalue weighted by Crippen LogP contribution is 2.43. The SMILES string of the molecule is CCOc1cc(/C(O)=C2/C(=O)C(=O)N(C3CCCCC3)C2c2ccccc2)ccc1Cl. The molecule has 4 rings (SSSR count). The minimum absolute atomic E-state index is 0.00934. The molecule has 0 bridgehead atoms. The van der Waals surface area contributed by atoms with Crippen molar-refractivity contribution in [1.82, 2.24) is 4.90 Å². The number of aliphatic hydroxyl groups is 1. The van der Waals surface area contributed by atoms with Crippen LogP contribution in [0.4, 0.5) is 0 Å². The van der Waals surface area contributed by atoms with Crippen LogP contribution < -0.4 is 4.74 Å². The molecule has 1 aliphatic heterocycles. The van der Waals surface area contributed by atoms with E-state index >= 15 is 0 Å². The van der Waals surface area contributed by atoms with E-state index < -0.39 is 17.7 Å². The summed E-state index contributed by atoms with van der Waals surface area (Å²) in [4.78, 5) is 28.0. The van der Waals surface area contributed by atoms with Crippen molar-refractivity contribution in [3.8, 4) is 5.75 Å². The Balaban J connectivity index is 1.85. The van der Waals surface area contributed by atoms with E-state index in [1.807, 2.05) is 37.3 Å². The second-order valence-electron chi connectivity index (χ2n) is 7.99. The molecule has 1 saturated carbocycles. The van der Waals surface area contributed by atoms with Crippen molar-refractivity contribution in [2.45, 2.75) is 51.1 Å². The number of halogens is 1. The Morgan fingerprint density at radius 2 is 1.81 bits per heavy atom. The van der Waals surface area contributed by atoms with Crippen molar-refractivity contribution in [3.63, 3.8) is 0 Å². The predicted molar refractivity (Wildman–Crippen MR) is 120 cm³/mol. The number of ketones is 1. The molecule has 0 aromatic heterocycles. The molecule has 0 spiro atoms. The molecule has 1 amide bonds. The van der Waals surface area contributed by atoms with E-state index in [0.717, 1.165) is 37.7 Å². The van der Waals surface area contributed by atoms with Gasteiger partial charge in [0.25, 0.3) is 11.7 Å². The third-order valence-corrected chi connectivity index (χ3v) is 6.38. The highest BCUT2D eigenvalue weighted by Gasteiger charge is 2.48. The summed E-state index contributed by atoms with van der Waals surface area (Å²) in [5, 5.41) is 11.6. The third kappa shape index (κ3) is 4.07. The van der Waals surface area contributed by atoms with E-state index in [1.165, 1.54) is 0 Å². The number of nitrogens with zero attached hydrogens (tertiary/aromatic N) is 1. The molecule has 2 aliphatic rings. The van der Waals surface area contributed by atoms with Gasteiger partial charge in [0.05, 0.1) is 23.2 Å². The summed E-state index contributed by atoms with van der Waals surface area (Å²) in [5.74, 6) is -0.972. The molecule has 1 N–H and O–H groups in total. The number of carbonyl (C=O) groups is 2. The van der Waals surface area contributed by atoms with E-state index in [9.17, 15) is 14.7 Å². The zero-order valence-corrected chi connectivity index (χ0v) is 18.3. The lowest BCUT2D eigenvalue weighted by Crippen LogP contribution is -2.40. The van der Waals surface area contributed by atoms with Crippen LogP contribution in [0.2, 0.25) is 5.02 Å². The van der Waals surface area contributed by atoms with Crippen LogP contribution in [-0.2, 0) is 9.59 Å². The minimum Gasteiger partial charge on any atom is -0.507 e. The second-order valence-corrected chi connectivity index (χ2v) is 8.39. The van der Waals surface area contributed by atoms with Gasteiger partial charge in [-0.2, -0.15) is 0 Å². The number of Topliss-reactive ketones (excluding diaryl/α,β-unsaturated/α-hetero) is 1. The lowest BCUT2D eigenvalue weighted by atomic mass is 9.91. The van der Waals surface area contributed by atoms with Crippen molar-refractivity contribution in [1.29, 1.82) is 0 Å². The maximum Gasteiger partial charge on any atom is 0.295 e. The fraction of sp³-hybridized carbons (Fsp3) is 0.360. The molecule has 162 valence electrons. The predicted octanol–water partition coefficient (Wildman–Crippen LogP) is 5.49. The van der Waals surface area contributed by atoms with Gasteiger partial charge in [0.2, 0.25) is 0 Å². The number of aliphatic hydroxyl groups excluding tert-OH is 1. The first-order valence-electron chi connectivity index (χ1n) is 10.8. The van der Waals surface area contributed by atoms with E-state index in [2.05, 4.69) is 0 Å². The maximum atomic E-state index is 13.2. The summed E-state index contributed by atoms with van der Waals surface area (Å²) in [6, 6.07) is 13.7. The summed E-state index contributed by atoms with van der Waals surface area (Å²) < 4.78 is 5.54. The summed E-state index contributed by atoms with van der Waals surface area (Å²) in [6.45, 7) is 2.26. The molecule has 2 aromatic carbocycles. The Morgan fingerprint density at radius 1 is 1.10 bits per heavy atom. The summed E-state index contributed by atoms with van der Waals surface area (Å²) in [6.07, 6.45) is 4.94. The molecule has 1 unspecified atom stereocenters. The standard InChI is InChI=1S/C25H26ClNO4/c1-2-31-20-15-17(13-14-19(20)26)23(28)21-22(16-9-5-3-6-10-16)27(25(30)24(21)29)18-11-7-4-8-12-18/h3,5-6,9-10,13-15,18,22,28H,2,4,7-8,11-12H2,1H3/b23-21-. The van der Waals surface area contributed by atoms with E-state index in [-0.39, 0.29) is 17.4 Å². The first-order valence-corrected chi connectivity index (χ1v) is 11.2. The third-order valence-electron chi connectivity index (χ3n) is 6.07. The first kappa shape index (κ1) is 21.4. The van der Waals surface area contributed by atoms with Gasteiger partial charge in [-0.05, 0) is 43.5 Å². The van der Waals surface area contributed by atoms with Gasteiger partial charge in [0, 0.05) is 11.6 Å². The molecular weight excluding hydrogens is 414 g/mol. The molecule has 1 atom stereocenters. The van der Waals surface area contributed by atoms with Crippen molar-refractivity contribution in [2.75, 3.05) is 6.61 Å². The number of amides is 1. The van der Waals surface area contributed by atoms with Crippen LogP contribution in [0.25, 0.3) is 5.76 Å². The Labute approximate surface area is 187 Å². The van der Waals surface area contributed by atoms with E-state index in [1.54, 1.807) is 23.1 Å². The van der Waals surface area contributed by atoms with Gasteiger partial charge in [-0.1, -0.05) is 61.2 Å². The first-order chi connectivity index (χ1) is 15.0. The summed E-state index contributed by atoms with van der Waals surface area (Å²) in [5.41, 5.74) is 1.33. The van der Waals surface area contributed by atoms with Gasteiger partial charge in [0.1, 0.15) is 11.5 Å². The summed E-state index contributed by atoms with van der Waals surface area (Å²) >= 11 is 6.19. The Morgan fingerprint density at radius 3 is 2.48 bits per heavy atom. The smallest absolute Gasteiger partial charge is 0.295 e. The lowest BCUT2D eigenvalue weighted by Gasteiger charge is -2.35. The topological polar surface area (TPSA) is 66.8 Å². The molecule has 5 nitrogen and oxygen atoms in total. The van der Waals surface area contributed by atoms with Crippen LogP contribution in [0.1, 0.15) is 56.2 Å². The zero-order valence-electron chi connectivity index (χ0n) is 17.5. The average Bonchev–Trinajstić information content (AvgIpc) is 3.07.